The molecule has 9 heteroatoms. The molecule has 2 amide bonds. The first-order valence-electron chi connectivity index (χ1n) is 12.0. The number of aromatic nitrogens is 4. The second-order valence-corrected chi connectivity index (χ2v) is 9.61. The first-order valence-corrected chi connectivity index (χ1v) is 12.0. The highest BCUT2D eigenvalue weighted by molar-refractivity contribution is 5.96. The van der Waals surface area contributed by atoms with Gasteiger partial charge in [0.2, 0.25) is 5.91 Å². The minimum absolute atomic E-state index is 0.0645. The lowest BCUT2D eigenvalue weighted by Gasteiger charge is -2.44. The van der Waals surface area contributed by atoms with Crippen LogP contribution >= 0.6 is 0 Å². The molecule has 3 atom stereocenters. The topological polar surface area (TPSA) is 96.2 Å². The Morgan fingerprint density at radius 2 is 1.74 bits per heavy atom. The average Bonchev–Trinajstić information content (AvgIpc) is 3.33. The van der Waals surface area contributed by atoms with Crippen molar-refractivity contribution in [1.82, 2.24) is 35.3 Å². The van der Waals surface area contributed by atoms with Gasteiger partial charge in [-0.3, -0.25) is 14.5 Å². The maximum absolute atomic E-state index is 13.3. The maximum atomic E-state index is 13.3. The summed E-state index contributed by atoms with van der Waals surface area (Å²) in [5.74, 6) is -0.0397. The number of hydrogen-bond donors (Lipinski definition) is 1. The molecule has 3 aromatic rings. The molecule has 0 spiro atoms. The van der Waals surface area contributed by atoms with Crippen LogP contribution in [0.5, 0.6) is 0 Å². The molecule has 1 N–H and O–H groups in total. The van der Waals surface area contributed by atoms with Gasteiger partial charge < -0.3 is 10.2 Å². The minimum atomic E-state index is -0.149. The van der Waals surface area contributed by atoms with Crippen molar-refractivity contribution in [3.8, 4) is 16.8 Å². The predicted octanol–water partition coefficient (Wildman–Crippen LogP) is 2.70. The summed E-state index contributed by atoms with van der Waals surface area (Å²) in [6.45, 7) is 12.1. The van der Waals surface area contributed by atoms with Crippen LogP contribution in [-0.2, 0) is 4.79 Å². The van der Waals surface area contributed by atoms with E-state index in [9.17, 15) is 9.59 Å². The molecule has 1 saturated heterocycles. The van der Waals surface area contributed by atoms with E-state index in [2.05, 4.69) is 51.7 Å². The van der Waals surface area contributed by atoms with Crippen LogP contribution < -0.4 is 5.32 Å². The minimum Gasteiger partial charge on any atom is -0.348 e. The zero-order valence-electron chi connectivity index (χ0n) is 21.0. The second kappa shape index (κ2) is 10.4. The van der Waals surface area contributed by atoms with Gasteiger partial charge in [-0.2, -0.15) is 0 Å². The van der Waals surface area contributed by atoms with Crippen LogP contribution in [0.2, 0.25) is 0 Å². The molecule has 0 saturated carbocycles. The van der Waals surface area contributed by atoms with E-state index in [0.29, 0.717) is 17.8 Å². The highest BCUT2D eigenvalue weighted by Crippen LogP contribution is 2.25. The summed E-state index contributed by atoms with van der Waals surface area (Å²) in [6, 6.07) is 14.1. The number of benzene rings is 2. The van der Waals surface area contributed by atoms with Crippen molar-refractivity contribution >= 4 is 11.8 Å². The van der Waals surface area contributed by atoms with E-state index in [1.54, 1.807) is 17.7 Å². The summed E-state index contributed by atoms with van der Waals surface area (Å²) in [7, 11) is 0. The Balaban J connectivity index is 1.50. The predicted molar refractivity (Wildman–Crippen MR) is 134 cm³/mol. The largest absolute Gasteiger partial charge is 0.348 e. The lowest BCUT2D eigenvalue weighted by Crippen LogP contribution is -2.59. The van der Waals surface area contributed by atoms with Gasteiger partial charge in [0.15, 0.2) is 0 Å². The third kappa shape index (κ3) is 5.74. The average molecular weight is 476 g/mol. The van der Waals surface area contributed by atoms with Gasteiger partial charge in [-0.15, -0.1) is 5.10 Å². The molecule has 9 nitrogen and oxygen atoms in total. The molecule has 2 heterocycles. The molecule has 1 aliphatic heterocycles. The smallest absolute Gasteiger partial charge is 0.251 e. The number of aryl methyl sites for hydroxylation is 1. The van der Waals surface area contributed by atoms with Gasteiger partial charge >= 0.3 is 0 Å². The Morgan fingerprint density at radius 1 is 1.06 bits per heavy atom. The summed E-state index contributed by atoms with van der Waals surface area (Å²) >= 11 is 0. The Labute approximate surface area is 206 Å². The number of tetrazole rings is 1. The van der Waals surface area contributed by atoms with E-state index >= 15 is 0 Å². The molecule has 184 valence electrons. The van der Waals surface area contributed by atoms with E-state index in [1.807, 2.05) is 43.0 Å². The summed E-state index contributed by atoms with van der Waals surface area (Å²) in [4.78, 5) is 29.5. The Morgan fingerprint density at radius 3 is 2.34 bits per heavy atom. The van der Waals surface area contributed by atoms with Crippen LogP contribution in [0.3, 0.4) is 0 Å². The molecule has 0 bridgehead atoms. The first-order chi connectivity index (χ1) is 16.7. The van der Waals surface area contributed by atoms with Crippen LogP contribution in [0, 0.1) is 6.92 Å². The zero-order chi connectivity index (χ0) is 25.1. The van der Waals surface area contributed by atoms with Gasteiger partial charge in [0.25, 0.3) is 5.91 Å². The molecule has 1 aromatic heterocycles. The van der Waals surface area contributed by atoms with Gasteiger partial charge in [-0.05, 0) is 67.4 Å². The van der Waals surface area contributed by atoms with E-state index in [4.69, 9.17) is 0 Å². The van der Waals surface area contributed by atoms with Gasteiger partial charge in [-0.25, -0.2) is 4.68 Å². The Hall–Kier alpha value is -3.59. The number of rotatable bonds is 6. The van der Waals surface area contributed by atoms with Crippen molar-refractivity contribution in [2.75, 3.05) is 19.6 Å². The summed E-state index contributed by atoms with van der Waals surface area (Å²) < 4.78 is 1.55. The number of nitrogens with zero attached hydrogens (tertiary/aromatic N) is 6. The highest BCUT2D eigenvalue weighted by Gasteiger charge is 2.31. The van der Waals surface area contributed by atoms with Gasteiger partial charge in [-0.1, -0.05) is 29.8 Å². The van der Waals surface area contributed by atoms with E-state index < -0.39 is 0 Å². The van der Waals surface area contributed by atoms with Gasteiger partial charge in [0.1, 0.15) is 6.33 Å². The van der Waals surface area contributed by atoms with Gasteiger partial charge in [0.05, 0.1) is 5.69 Å². The number of carbonyl (C=O) groups excluding carboxylic acids is 2. The molecule has 4 rings (SSSR count). The van der Waals surface area contributed by atoms with Crippen LogP contribution in [0.15, 0.2) is 48.8 Å². The number of amides is 2. The molecule has 1 fully saturated rings. The lowest BCUT2D eigenvalue weighted by atomic mass is 10.0. The summed E-state index contributed by atoms with van der Waals surface area (Å²) in [5, 5.41) is 14.6. The fourth-order valence-corrected chi connectivity index (χ4v) is 5.01. The number of piperazine rings is 1. The van der Waals surface area contributed by atoms with Crippen LogP contribution in [0.4, 0.5) is 0 Å². The lowest BCUT2D eigenvalue weighted by molar-refractivity contribution is -0.136. The van der Waals surface area contributed by atoms with Crippen molar-refractivity contribution in [3.63, 3.8) is 0 Å². The quantitative estimate of drug-likeness (QED) is 0.589. The molecule has 2 unspecified atom stereocenters. The van der Waals surface area contributed by atoms with Crippen molar-refractivity contribution in [2.24, 2.45) is 0 Å². The third-order valence-corrected chi connectivity index (χ3v) is 6.45. The van der Waals surface area contributed by atoms with Crippen molar-refractivity contribution in [2.45, 2.75) is 52.7 Å². The Bertz CT molecular complexity index is 1160. The monoisotopic (exact) mass is 475 g/mol. The number of hydrogen-bond acceptors (Lipinski definition) is 6. The Kier molecular flexibility index (Phi) is 7.25. The van der Waals surface area contributed by atoms with E-state index in [1.165, 1.54) is 11.9 Å². The fourth-order valence-electron chi connectivity index (χ4n) is 5.01. The summed E-state index contributed by atoms with van der Waals surface area (Å²) in [6.07, 6.45) is 1.52. The molecule has 0 aliphatic carbocycles. The number of carbonyl (C=O) groups is 2. The van der Waals surface area contributed by atoms with Crippen molar-refractivity contribution in [3.05, 3.63) is 59.9 Å². The molecular formula is C26H33N7O2. The van der Waals surface area contributed by atoms with E-state index in [-0.39, 0.29) is 29.9 Å². The normalized spacial score (nSPS) is 19.4. The van der Waals surface area contributed by atoms with Gasteiger partial charge in [0, 0.05) is 50.2 Å². The van der Waals surface area contributed by atoms with Crippen LogP contribution in [0.25, 0.3) is 16.8 Å². The number of nitrogens with one attached hydrogen (secondary N) is 1. The third-order valence-electron chi connectivity index (χ3n) is 6.45. The van der Waals surface area contributed by atoms with Crippen molar-refractivity contribution < 1.29 is 9.59 Å². The van der Waals surface area contributed by atoms with Crippen LogP contribution in [0.1, 0.15) is 43.6 Å². The van der Waals surface area contributed by atoms with Crippen molar-refractivity contribution in [1.29, 1.82) is 0 Å². The molecule has 1 aliphatic rings. The standard InChI is InChI=1S/C26H33N7O2/c1-17-6-8-22(9-7-17)23-10-24(12-25(11-23)32-16-27-29-30-32)26(35)28-18(2)13-31-14-19(3)33(21(5)34)20(4)15-31/h6-12,16,18-20H,13-15H2,1-5H3,(H,28,35)/t18?,19-,20?/m1/s1. The molecule has 0 radical (unpaired) electrons. The van der Waals surface area contributed by atoms with E-state index in [0.717, 1.165) is 24.2 Å². The SMILES string of the molecule is CC(=O)N1C(C)CN(CC(C)NC(=O)c2cc(-c3ccc(C)cc3)cc(-n3cnnn3)c2)C[C@H]1C. The zero-order valence-corrected chi connectivity index (χ0v) is 21.0. The second-order valence-electron chi connectivity index (χ2n) is 9.61. The molecule has 35 heavy (non-hydrogen) atoms. The molecule has 2 aromatic carbocycles. The summed E-state index contributed by atoms with van der Waals surface area (Å²) in [5.41, 5.74) is 4.36. The maximum Gasteiger partial charge on any atom is 0.251 e. The fraction of sp³-hybridized carbons (Fsp3) is 0.423. The van der Waals surface area contributed by atoms with Crippen LogP contribution in [-0.4, -0.2) is 79.6 Å². The highest BCUT2D eigenvalue weighted by atomic mass is 16.2. The molecular weight excluding hydrogens is 442 g/mol. The first kappa shape index (κ1) is 24.5.